The second-order valence-electron chi connectivity index (χ2n) is 5.56. The molecule has 6 nitrogen and oxygen atoms in total. The summed E-state index contributed by atoms with van der Waals surface area (Å²) in [6.45, 7) is 3.21. The number of hydrogen-bond donors (Lipinski definition) is 1. The fraction of sp³-hybridized carbons (Fsp3) is 0.167. The van der Waals surface area contributed by atoms with E-state index in [-0.39, 0.29) is 0 Å². The lowest BCUT2D eigenvalue weighted by Crippen LogP contribution is -2.17. The lowest BCUT2D eigenvalue weighted by molar-refractivity contribution is 0.176. The van der Waals surface area contributed by atoms with Crippen molar-refractivity contribution in [3.05, 3.63) is 72.0 Å². The van der Waals surface area contributed by atoms with Crippen LogP contribution in [-0.4, -0.2) is 26.1 Å². The van der Waals surface area contributed by atoms with Gasteiger partial charge in [0.1, 0.15) is 18.0 Å². The van der Waals surface area contributed by atoms with Crippen molar-refractivity contribution in [1.29, 1.82) is 0 Å². The molecule has 0 unspecified atom stereocenters. The molecule has 120 valence electrons. The first-order valence-electron chi connectivity index (χ1n) is 7.80. The summed E-state index contributed by atoms with van der Waals surface area (Å²) in [5.41, 5.74) is 3.85. The van der Waals surface area contributed by atoms with Crippen LogP contribution in [0.1, 0.15) is 11.3 Å². The van der Waals surface area contributed by atoms with Crippen LogP contribution in [0.25, 0.3) is 17.0 Å². The van der Waals surface area contributed by atoms with Gasteiger partial charge in [0.2, 0.25) is 0 Å². The molecule has 0 saturated carbocycles. The second kappa shape index (κ2) is 6.16. The molecular formula is C18H17N5O. The third-order valence-corrected chi connectivity index (χ3v) is 3.81. The molecule has 4 rings (SSSR count). The smallest absolute Gasteiger partial charge is 0.251 e. The molecule has 1 aromatic carbocycles. The van der Waals surface area contributed by atoms with Gasteiger partial charge in [-0.2, -0.15) is 5.10 Å². The first kappa shape index (κ1) is 14.4. The molecular weight excluding hydrogens is 302 g/mol. The number of imidazole rings is 1. The number of aryl methyl sites for hydroxylation is 1. The first-order valence-corrected chi connectivity index (χ1v) is 7.80. The molecule has 0 atom stereocenters. The predicted octanol–water partition coefficient (Wildman–Crippen LogP) is 2.62. The number of ether oxygens (including phenoxy) is 1. The van der Waals surface area contributed by atoms with Gasteiger partial charge in [0.15, 0.2) is 5.88 Å². The molecule has 24 heavy (non-hydrogen) atoms. The minimum absolute atomic E-state index is 0.372. The topological polar surface area (TPSA) is 64.3 Å². The number of nitrogens with zero attached hydrogens (tertiary/aromatic N) is 4. The zero-order chi connectivity index (χ0) is 16.4. The molecule has 3 heterocycles. The van der Waals surface area contributed by atoms with Crippen LogP contribution in [0.15, 0.2) is 60.8 Å². The fourth-order valence-corrected chi connectivity index (χ4v) is 2.58. The Balaban J connectivity index is 1.58. The summed E-state index contributed by atoms with van der Waals surface area (Å²) >= 11 is 0. The minimum Gasteiger partial charge on any atom is -0.473 e. The normalized spacial score (nSPS) is 13.6. The monoisotopic (exact) mass is 319 g/mol. The molecule has 0 amide bonds. The van der Waals surface area contributed by atoms with Crippen LogP contribution in [0.5, 0.6) is 0 Å². The van der Waals surface area contributed by atoms with E-state index in [0.717, 1.165) is 34.9 Å². The van der Waals surface area contributed by atoms with Crippen molar-refractivity contribution >= 4 is 5.78 Å². The number of rotatable bonds is 4. The van der Waals surface area contributed by atoms with E-state index < -0.39 is 0 Å². The number of dihydropyridines is 1. The molecule has 1 aliphatic rings. The number of benzene rings is 1. The first-order chi connectivity index (χ1) is 11.8. The lowest BCUT2D eigenvalue weighted by Gasteiger charge is -2.12. The van der Waals surface area contributed by atoms with Crippen molar-refractivity contribution in [2.24, 2.45) is 0 Å². The van der Waals surface area contributed by atoms with Gasteiger partial charge < -0.3 is 10.1 Å². The number of hydrogen-bond acceptors (Lipinski definition) is 5. The van der Waals surface area contributed by atoms with Gasteiger partial charge in [-0.3, -0.25) is 0 Å². The van der Waals surface area contributed by atoms with Gasteiger partial charge in [0.25, 0.3) is 5.78 Å². The molecule has 0 spiro atoms. The number of aromatic nitrogens is 4. The summed E-state index contributed by atoms with van der Waals surface area (Å²) in [5, 5.41) is 7.76. The Morgan fingerprint density at radius 2 is 2.21 bits per heavy atom. The maximum Gasteiger partial charge on any atom is 0.251 e. The number of allylic oxidation sites excluding steroid dienone is 2. The van der Waals surface area contributed by atoms with E-state index in [4.69, 9.17) is 4.74 Å². The molecule has 6 heteroatoms. The highest BCUT2D eigenvalue weighted by atomic mass is 16.5. The molecule has 0 aliphatic carbocycles. The average Bonchev–Trinajstić information content (AvgIpc) is 3.03. The van der Waals surface area contributed by atoms with Crippen molar-refractivity contribution in [2.45, 2.75) is 13.5 Å². The van der Waals surface area contributed by atoms with E-state index in [1.165, 1.54) is 0 Å². The number of fused-ring (bicyclic) bond motifs is 1. The molecule has 1 aliphatic heterocycles. The van der Waals surface area contributed by atoms with Gasteiger partial charge in [-0.1, -0.05) is 36.4 Å². The van der Waals surface area contributed by atoms with E-state index >= 15 is 0 Å². The number of nitrogens with one attached hydrogen (secondary N) is 1. The Morgan fingerprint density at radius 1 is 1.29 bits per heavy atom. The Kier molecular flexibility index (Phi) is 3.70. The van der Waals surface area contributed by atoms with Crippen LogP contribution in [0.3, 0.4) is 0 Å². The van der Waals surface area contributed by atoms with Crippen LogP contribution in [0.2, 0.25) is 0 Å². The Labute approximate surface area is 139 Å². The van der Waals surface area contributed by atoms with Crippen molar-refractivity contribution in [3.63, 3.8) is 0 Å². The van der Waals surface area contributed by atoms with Crippen LogP contribution in [-0.2, 0) is 11.3 Å². The standard InChI is InChI=1S/C18H17N5O/c1-13-6-2-3-7-15(13)16-10-20-18-21-14(11-23(18)22-16)12-24-17-8-4-5-9-19-17/h2-8,10-11,19H,9,12H2,1H3. The maximum atomic E-state index is 5.70. The third-order valence-electron chi connectivity index (χ3n) is 3.81. The van der Waals surface area contributed by atoms with Crippen molar-refractivity contribution in [3.8, 4) is 11.3 Å². The summed E-state index contributed by atoms with van der Waals surface area (Å²) in [5.74, 6) is 1.31. The largest absolute Gasteiger partial charge is 0.473 e. The van der Waals surface area contributed by atoms with Gasteiger partial charge in [0.05, 0.1) is 12.4 Å². The summed E-state index contributed by atoms with van der Waals surface area (Å²) < 4.78 is 7.40. The van der Waals surface area contributed by atoms with Crippen molar-refractivity contribution in [1.82, 2.24) is 24.9 Å². The zero-order valence-electron chi connectivity index (χ0n) is 13.3. The molecule has 0 fully saturated rings. The maximum absolute atomic E-state index is 5.70. The van der Waals surface area contributed by atoms with Crippen LogP contribution in [0, 0.1) is 6.92 Å². The van der Waals surface area contributed by atoms with Gasteiger partial charge in [-0.15, -0.1) is 0 Å². The van der Waals surface area contributed by atoms with E-state index in [0.29, 0.717) is 12.4 Å². The van der Waals surface area contributed by atoms with E-state index in [1.807, 2.05) is 42.6 Å². The lowest BCUT2D eigenvalue weighted by atomic mass is 10.1. The van der Waals surface area contributed by atoms with Crippen molar-refractivity contribution < 1.29 is 4.74 Å². The van der Waals surface area contributed by atoms with Gasteiger partial charge in [0, 0.05) is 12.1 Å². The average molecular weight is 319 g/mol. The van der Waals surface area contributed by atoms with Gasteiger partial charge in [-0.25, -0.2) is 14.5 Å². The third kappa shape index (κ3) is 2.86. The fourth-order valence-electron chi connectivity index (χ4n) is 2.58. The highest BCUT2D eigenvalue weighted by Gasteiger charge is 2.09. The predicted molar refractivity (Wildman–Crippen MR) is 91.0 cm³/mol. The van der Waals surface area contributed by atoms with E-state index in [2.05, 4.69) is 33.4 Å². The van der Waals surface area contributed by atoms with Crippen LogP contribution >= 0.6 is 0 Å². The van der Waals surface area contributed by atoms with Crippen molar-refractivity contribution in [2.75, 3.05) is 6.54 Å². The van der Waals surface area contributed by atoms with E-state index in [9.17, 15) is 0 Å². The molecule has 0 saturated heterocycles. The molecule has 2 aromatic heterocycles. The Hall–Kier alpha value is -3.15. The second-order valence-corrected chi connectivity index (χ2v) is 5.56. The Bertz CT molecular complexity index is 941. The molecule has 0 radical (unpaired) electrons. The van der Waals surface area contributed by atoms with Gasteiger partial charge in [-0.05, 0) is 18.6 Å². The summed E-state index contributed by atoms with van der Waals surface area (Å²) in [6, 6.07) is 8.12. The van der Waals surface area contributed by atoms with Crippen LogP contribution in [0.4, 0.5) is 0 Å². The molecule has 1 N–H and O–H groups in total. The molecule has 0 bridgehead atoms. The SMILES string of the molecule is Cc1ccccc1-c1cnc2nc(COC3=CC=CCN3)cn2n1. The quantitative estimate of drug-likeness (QED) is 0.801. The van der Waals surface area contributed by atoms with Crippen LogP contribution < -0.4 is 5.32 Å². The highest BCUT2D eigenvalue weighted by Crippen LogP contribution is 2.20. The summed E-state index contributed by atoms with van der Waals surface area (Å²) in [7, 11) is 0. The zero-order valence-corrected chi connectivity index (χ0v) is 13.3. The van der Waals surface area contributed by atoms with Gasteiger partial charge >= 0.3 is 0 Å². The Morgan fingerprint density at radius 3 is 3.04 bits per heavy atom. The van der Waals surface area contributed by atoms with E-state index in [1.54, 1.807) is 10.7 Å². The summed E-state index contributed by atoms with van der Waals surface area (Å²) in [6.07, 6.45) is 9.49. The minimum atomic E-state index is 0.372. The highest BCUT2D eigenvalue weighted by molar-refractivity contribution is 5.62. The molecule has 3 aromatic rings. The summed E-state index contributed by atoms with van der Waals surface area (Å²) in [4.78, 5) is 8.85.